The van der Waals surface area contributed by atoms with Crippen LogP contribution in [0.15, 0.2) is 0 Å². The van der Waals surface area contributed by atoms with Gasteiger partial charge in [-0.3, -0.25) is 4.79 Å². The van der Waals surface area contributed by atoms with Gasteiger partial charge in [0.15, 0.2) is 5.82 Å². The molecule has 0 aliphatic heterocycles. The van der Waals surface area contributed by atoms with Crippen molar-refractivity contribution in [2.45, 2.75) is 46.6 Å². The molecule has 1 rings (SSSR count). The van der Waals surface area contributed by atoms with Crippen LogP contribution >= 0.6 is 12.2 Å². The van der Waals surface area contributed by atoms with Gasteiger partial charge in [-0.15, -0.1) is 5.10 Å². The lowest BCUT2D eigenvalue weighted by Gasteiger charge is -2.20. The number of aromatic nitrogens is 2. The lowest BCUT2D eigenvalue weighted by Crippen LogP contribution is -2.41. The summed E-state index contributed by atoms with van der Waals surface area (Å²) in [5.74, 6) is 0.498. The summed E-state index contributed by atoms with van der Waals surface area (Å²) in [7, 11) is 0. The molecule has 1 heterocycles. The number of anilines is 1. The van der Waals surface area contributed by atoms with E-state index in [1.807, 2.05) is 34.6 Å². The molecular formula is C14H23N5OS. The van der Waals surface area contributed by atoms with Crippen molar-refractivity contribution in [3.05, 3.63) is 16.8 Å². The molecule has 4 N–H and O–H groups in total. The molecule has 0 aliphatic rings. The van der Waals surface area contributed by atoms with Crippen molar-refractivity contribution in [1.82, 2.24) is 15.5 Å². The first-order valence-corrected chi connectivity index (χ1v) is 7.21. The van der Waals surface area contributed by atoms with E-state index in [1.54, 1.807) is 0 Å². The van der Waals surface area contributed by atoms with Crippen molar-refractivity contribution >= 4 is 28.9 Å². The van der Waals surface area contributed by atoms with Gasteiger partial charge < -0.3 is 16.4 Å². The van der Waals surface area contributed by atoms with E-state index in [1.165, 1.54) is 0 Å². The number of aryl methyl sites for hydroxylation is 1. The van der Waals surface area contributed by atoms with Crippen LogP contribution in [-0.4, -0.2) is 33.2 Å². The van der Waals surface area contributed by atoms with E-state index in [-0.39, 0.29) is 16.4 Å². The first-order valence-electron chi connectivity index (χ1n) is 6.80. The lowest BCUT2D eigenvalue weighted by molar-refractivity contribution is -0.122. The Morgan fingerprint density at radius 2 is 1.90 bits per heavy atom. The van der Waals surface area contributed by atoms with Crippen molar-refractivity contribution in [1.29, 1.82) is 0 Å². The Balaban J connectivity index is 2.71. The van der Waals surface area contributed by atoms with E-state index in [9.17, 15) is 4.79 Å². The fourth-order valence-electron chi connectivity index (χ4n) is 1.81. The van der Waals surface area contributed by atoms with Gasteiger partial charge in [-0.1, -0.05) is 12.2 Å². The molecule has 1 aromatic heterocycles. The summed E-state index contributed by atoms with van der Waals surface area (Å²) >= 11 is 5.06. The van der Waals surface area contributed by atoms with E-state index in [4.69, 9.17) is 18.0 Å². The number of hydrogen-bond donors (Lipinski definition) is 3. The topological polar surface area (TPSA) is 92.9 Å². The second-order valence-corrected chi connectivity index (χ2v) is 6.41. The maximum absolute atomic E-state index is 11.8. The minimum Gasteiger partial charge on any atom is -0.389 e. The monoisotopic (exact) mass is 309 g/mol. The molecule has 0 aromatic carbocycles. The van der Waals surface area contributed by atoms with E-state index in [2.05, 4.69) is 20.8 Å². The third kappa shape index (κ3) is 5.26. The van der Waals surface area contributed by atoms with Gasteiger partial charge >= 0.3 is 0 Å². The quantitative estimate of drug-likeness (QED) is 0.713. The van der Waals surface area contributed by atoms with Crippen molar-refractivity contribution in [3.63, 3.8) is 0 Å². The van der Waals surface area contributed by atoms with E-state index in [0.717, 1.165) is 11.3 Å². The van der Waals surface area contributed by atoms with Crippen LogP contribution in [0.3, 0.4) is 0 Å². The number of amides is 1. The number of nitrogens with two attached hydrogens (primary N) is 1. The average Bonchev–Trinajstić information content (AvgIpc) is 2.31. The van der Waals surface area contributed by atoms with Gasteiger partial charge in [0.1, 0.15) is 4.99 Å². The highest BCUT2D eigenvalue weighted by Gasteiger charge is 2.15. The molecule has 0 radical (unpaired) electrons. The molecule has 0 bridgehead atoms. The summed E-state index contributed by atoms with van der Waals surface area (Å²) in [6, 6.07) is 0. The molecule has 6 nitrogen and oxygen atoms in total. The molecule has 21 heavy (non-hydrogen) atoms. The minimum absolute atomic E-state index is 0.0244. The van der Waals surface area contributed by atoms with Crippen LogP contribution in [0.5, 0.6) is 0 Å². The highest BCUT2D eigenvalue weighted by molar-refractivity contribution is 7.80. The van der Waals surface area contributed by atoms with E-state index < -0.39 is 0 Å². The minimum atomic E-state index is -0.235. The molecule has 0 spiro atoms. The smallest absolute Gasteiger partial charge is 0.222 e. The highest BCUT2D eigenvalue weighted by atomic mass is 32.1. The predicted molar refractivity (Wildman–Crippen MR) is 88.4 cm³/mol. The van der Waals surface area contributed by atoms with Gasteiger partial charge in [-0.05, 0) is 40.2 Å². The first kappa shape index (κ1) is 17.3. The molecule has 1 amide bonds. The molecule has 116 valence electrons. The Labute approximate surface area is 130 Å². The summed E-state index contributed by atoms with van der Waals surface area (Å²) < 4.78 is 0. The van der Waals surface area contributed by atoms with Crippen molar-refractivity contribution < 1.29 is 4.79 Å². The molecule has 0 aliphatic carbocycles. The Morgan fingerprint density at radius 3 is 2.43 bits per heavy atom. The molecule has 0 atom stereocenters. The second-order valence-electron chi connectivity index (χ2n) is 5.97. The zero-order valence-corrected chi connectivity index (χ0v) is 14.0. The molecule has 0 saturated carbocycles. The SMILES string of the molecule is Cc1nnc(NCCC(=O)NC(C)(C)C)c(C(N)=S)c1C. The number of carbonyl (C=O) groups excluding carboxylic acids is 1. The van der Waals surface area contributed by atoms with Crippen LogP contribution in [0.4, 0.5) is 5.82 Å². The number of rotatable bonds is 5. The Morgan fingerprint density at radius 1 is 1.29 bits per heavy atom. The lowest BCUT2D eigenvalue weighted by atomic mass is 10.1. The van der Waals surface area contributed by atoms with E-state index >= 15 is 0 Å². The molecule has 0 saturated heterocycles. The summed E-state index contributed by atoms with van der Waals surface area (Å²) in [4.78, 5) is 12.0. The molecule has 1 aromatic rings. The van der Waals surface area contributed by atoms with Gasteiger partial charge in [-0.25, -0.2) is 0 Å². The molecule has 7 heteroatoms. The van der Waals surface area contributed by atoms with Crippen molar-refractivity contribution in [2.24, 2.45) is 5.73 Å². The number of thiocarbonyl (C=S) groups is 1. The average molecular weight is 309 g/mol. The van der Waals surface area contributed by atoms with Gasteiger partial charge in [0.05, 0.1) is 11.3 Å². The first-order chi connectivity index (χ1) is 9.61. The summed E-state index contributed by atoms with van der Waals surface area (Å²) in [6.45, 7) is 10.0. The Hall–Kier alpha value is -1.76. The van der Waals surface area contributed by atoms with Gasteiger partial charge in [0.2, 0.25) is 5.91 Å². The summed E-state index contributed by atoms with van der Waals surface area (Å²) in [5.41, 5.74) is 7.89. The van der Waals surface area contributed by atoms with Crippen LogP contribution in [0.1, 0.15) is 44.0 Å². The van der Waals surface area contributed by atoms with E-state index in [0.29, 0.717) is 24.3 Å². The normalized spacial score (nSPS) is 11.1. The largest absolute Gasteiger partial charge is 0.389 e. The van der Waals surface area contributed by atoms with Crippen LogP contribution < -0.4 is 16.4 Å². The predicted octanol–water partition coefficient (Wildman–Crippen LogP) is 1.44. The van der Waals surface area contributed by atoms with Crippen molar-refractivity contribution in [2.75, 3.05) is 11.9 Å². The molecule has 0 unspecified atom stereocenters. The summed E-state index contributed by atoms with van der Waals surface area (Å²) in [6.07, 6.45) is 0.336. The number of hydrogen-bond acceptors (Lipinski definition) is 5. The third-order valence-electron chi connectivity index (χ3n) is 2.86. The zero-order chi connectivity index (χ0) is 16.2. The van der Waals surface area contributed by atoms with Gasteiger partial charge in [0, 0.05) is 18.5 Å². The second kappa shape index (κ2) is 6.80. The number of nitrogens with zero attached hydrogens (tertiary/aromatic N) is 2. The maximum atomic E-state index is 11.8. The van der Waals surface area contributed by atoms with Gasteiger partial charge in [0.25, 0.3) is 0 Å². The Bertz CT molecular complexity index is 551. The fraction of sp³-hybridized carbons (Fsp3) is 0.571. The molecular weight excluding hydrogens is 286 g/mol. The zero-order valence-electron chi connectivity index (χ0n) is 13.2. The number of nitrogens with one attached hydrogen (secondary N) is 2. The van der Waals surface area contributed by atoms with Crippen molar-refractivity contribution in [3.8, 4) is 0 Å². The highest BCUT2D eigenvalue weighted by Crippen LogP contribution is 2.18. The van der Waals surface area contributed by atoms with Crippen LogP contribution in [0, 0.1) is 13.8 Å². The third-order valence-corrected chi connectivity index (χ3v) is 3.06. The van der Waals surface area contributed by atoms with Crippen LogP contribution in [0.25, 0.3) is 0 Å². The van der Waals surface area contributed by atoms with Crippen LogP contribution in [-0.2, 0) is 4.79 Å². The van der Waals surface area contributed by atoms with Gasteiger partial charge in [-0.2, -0.15) is 5.10 Å². The standard InChI is InChI=1S/C14H23N5OS/c1-8-9(2)18-19-13(11(8)12(15)21)16-7-6-10(20)17-14(3,4)5/h6-7H2,1-5H3,(H2,15,21)(H,16,19)(H,17,20). The summed E-state index contributed by atoms with van der Waals surface area (Å²) in [5, 5.41) is 14.1. The fourth-order valence-corrected chi connectivity index (χ4v) is 2.06. The number of carbonyl (C=O) groups is 1. The van der Waals surface area contributed by atoms with Crippen LogP contribution in [0.2, 0.25) is 0 Å². The molecule has 0 fully saturated rings. The maximum Gasteiger partial charge on any atom is 0.222 e. The Kier molecular flexibility index (Phi) is 5.60.